The predicted octanol–water partition coefficient (Wildman–Crippen LogP) is 5.29. The lowest BCUT2D eigenvalue weighted by molar-refractivity contribution is -0.115. The van der Waals surface area contributed by atoms with Crippen LogP contribution in [0.2, 0.25) is 0 Å². The molecule has 0 aromatic carbocycles. The van der Waals surface area contributed by atoms with Crippen molar-refractivity contribution in [3.8, 4) is 0 Å². The standard InChI is InChI=1S/C27H43NO2/c1-16-7-12-27(28-15-16)17(2)24-23(30-27)14-22-20-6-5-18-13-19(29)8-10-25(18,3)21(20)9-11-26(22,24)4/h5,16-17,19-24,28-29H,6-15H2,1-4H3/t16?,17-,19?,20+,21-,22-,23-,24-,25-,26-,27?/m0/s1. The Hall–Kier alpha value is -0.380. The molecule has 6 rings (SSSR count). The van der Waals surface area contributed by atoms with Crippen LogP contribution < -0.4 is 5.32 Å². The van der Waals surface area contributed by atoms with Gasteiger partial charge in [0, 0.05) is 12.5 Å². The monoisotopic (exact) mass is 413 g/mol. The first-order chi connectivity index (χ1) is 14.3. The van der Waals surface area contributed by atoms with Crippen LogP contribution in [0, 0.1) is 46.3 Å². The van der Waals surface area contributed by atoms with Crippen LogP contribution in [0.1, 0.15) is 85.5 Å². The molecule has 30 heavy (non-hydrogen) atoms. The van der Waals surface area contributed by atoms with Gasteiger partial charge in [0.1, 0.15) is 5.72 Å². The van der Waals surface area contributed by atoms with E-state index in [-0.39, 0.29) is 11.8 Å². The SMILES string of the molecule is CC1CCC2(NC1)O[C@H]1C[C@H]3[C@@H]4CC=C5CC(O)CC[C@]5(C)[C@H]4CC[C@]3(C)[C@H]1[C@@H]2C. The fourth-order valence-corrected chi connectivity index (χ4v) is 9.84. The molecule has 3 heteroatoms. The molecule has 2 N–H and O–H groups in total. The number of hydrogen-bond donors (Lipinski definition) is 2. The largest absolute Gasteiger partial charge is 0.393 e. The number of hydrogen-bond acceptors (Lipinski definition) is 3. The van der Waals surface area contributed by atoms with Crippen LogP contribution in [-0.4, -0.2) is 29.6 Å². The van der Waals surface area contributed by atoms with Gasteiger partial charge in [0.25, 0.3) is 0 Å². The maximum atomic E-state index is 10.3. The number of aliphatic hydroxyl groups excluding tert-OH is 1. The van der Waals surface area contributed by atoms with E-state index in [0.29, 0.717) is 22.9 Å². The van der Waals surface area contributed by atoms with Crippen molar-refractivity contribution >= 4 is 0 Å². The number of rotatable bonds is 0. The summed E-state index contributed by atoms with van der Waals surface area (Å²) < 4.78 is 7.00. The molecular weight excluding hydrogens is 370 g/mol. The third kappa shape index (κ3) is 2.55. The zero-order valence-electron chi connectivity index (χ0n) is 19.6. The second kappa shape index (κ2) is 6.58. The van der Waals surface area contributed by atoms with E-state index in [1.54, 1.807) is 5.57 Å². The summed E-state index contributed by atoms with van der Waals surface area (Å²) in [5.74, 6) is 4.58. The number of ether oxygens (including phenoxy) is 1. The number of nitrogens with one attached hydrogen (secondary N) is 1. The number of fused-ring (bicyclic) bond motifs is 7. The fraction of sp³-hybridized carbons (Fsp3) is 0.926. The van der Waals surface area contributed by atoms with Gasteiger partial charge in [-0.1, -0.05) is 39.3 Å². The van der Waals surface area contributed by atoms with Crippen LogP contribution >= 0.6 is 0 Å². The maximum Gasteiger partial charge on any atom is 0.122 e. The van der Waals surface area contributed by atoms with Gasteiger partial charge in [-0.15, -0.1) is 0 Å². The van der Waals surface area contributed by atoms with Crippen LogP contribution in [0.4, 0.5) is 0 Å². The van der Waals surface area contributed by atoms with Crippen molar-refractivity contribution < 1.29 is 9.84 Å². The van der Waals surface area contributed by atoms with Crippen molar-refractivity contribution in [3.05, 3.63) is 11.6 Å². The van der Waals surface area contributed by atoms with Crippen molar-refractivity contribution in [2.75, 3.05) is 6.54 Å². The van der Waals surface area contributed by atoms with E-state index in [2.05, 4.69) is 39.1 Å². The second-order valence-corrected chi connectivity index (χ2v) is 12.8. The van der Waals surface area contributed by atoms with E-state index in [0.717, 1.165) is 49.0 Å². The Balaban J connectivity index is 1.28. The van der Waals surface area contributed by atoms with Gasteiger partial charge >= 0.3 is 0 Å². The molecular formula is C27H43NO2. The molecule has 11 atom stereocenters. The molecule has 2 aliphatic heterocycles. The highest BCUT2D eigenvalue weighted by Crippen LogP contribution is 2.70. The molecule has 3 unspecified atom stereocenters. The van der Waals surface area contributed by atoms with E-state index < -0.39 is 0 Å². The third-order valence-corrected chi connectivity index (χ3v) is 11.6. The molecule has 168 valence electrons. The minimum Gasteiger partial charge on any atom is -0.393 e. The number of aliphatic hydroxyl groups is 1. The lowest BCUT2D eigenvalue weighted by Gasteiger charge is -2.58. The summed E-state index contributed by atoms with van der Waals surface area (Å²) in [5, 5.41) is 14.1. The smallest absolute Gasteiger partial charge is 0.122 e. The fourth-order valence-electron chi connectivity index (χ4n) is 9.84. The summed E-state index contributed by atoms with van der Waals surface area (Å²) in [5.41, 5.74) is 2.33. The minimum absolute atomic E-state index is 0.0439. The van der Waals surface area contributed by atoms with Gasteiger partial charge in [0.2, 0.25) is 0 Å². The molecule has 0 bridgehead atoms. The van der Waals surface area contributed by atoms with Gasteiger partial charge in [0.15, 0.2) is 0 Å². The minimum atomic E-state index is -0.100. The first-order valence-electron chi connectivity index (χ1n) is 13.1. The summed E-state index contributed by atoms with van der Waals surface area (Å²) >= 11 is 0. The van der Waals surface area contributed by atoms with Crippen molar-refractivity contribution in [2.45, 2.75) is 103 Å². The molecule has 6 aliphatic rings. The summed E-state index contributed by atoms with van der Waals surface area (Å²) in [6.45, 7) is 11.2. The normalized spacial score (nSPS) is 59.8. The zero-order valence-corrected chi connectivity index (χ0v) is 19.6. The lowest BCUT2D eigenvalue weighted by Crippen LogP contribution is -2.57. The number of piperidine rings is 1. The Morgan fingerprint density at radius 1 is 1.07 bits per heavy atom. The molecule has 5 fully saturated rings. The number of allylic oxidation sites excluding steroid dienone is 1. The molecule has 0 aromatic heterocycles. The summed E-state index contributed by atoms with van der Waals surface area (Å²) in [6, 6.07) is 0. The Morgan fingerprint density at radius 3 is 2.67 bits per heavy atom. The van der Waals surface area contributed by atoms with Crippen LogP contribution in [0.25, 0.3) is 0 Å². The molecule has 0 amide bonds. The average Bonchev–Trinajstić information content (AvgIpc) is 3.16. The first-order valence-corrected chi connectivity index (χ1v) is 13.1. The molecule has 2 heterocycles. The molecule has 2 saturated heterocycles. The molecule has 3 saturated carbocycles. The van der Waals surface area contributed by atoms with Crippen LogP contribution in [-0.2, 0) is 4.74 Å². The highest BCUT2D eigenvalue weighted by molar-refractivity contribution is 5.26. The Kier molecular flexibility index (Phi) is 4.44. The van der Waals surface area contributed by atoms with Gasteiger partial charge in [-0.25, -0.2) is 0 Å². The average molecular weight is 414 g/mol. The van der Waals surface area contributed by atoms with Crippen LogP contribution in [0.3, 0.4) is 0 Å². The van der Waals surface area contributed by atoms with Crippen molar-refractivity contribution in [3.63, 3.8) is 0 Å². The third-order valence-electron chi connectivity index (χ3n) is 11.6. The van der Waals surface area contributed by atoms with E-state index in [9.17, 15) is 5.11 Å². The van der Waals surface area contributed by atoms with Crippen molar-refractivity contribution in [1.82, 2.24) is 5.32 Å². The topological polar surface area (TPSA) is 41.5 Å². The van der Waals surface area contributed by atoms with Crippen molar-refractivity contribution in [2.24, 2.45) is 46.3 Å². The van der Waals surface area contributed by atoms with E-state index in [1.165, 1.54) is 44.9 Å². The second-order valence-electron chi connectivity index (χ2n) is 12.8. The first kappa shape index (κ1) is 20.2. The summed E-state index contributed by atoms with van der Waals surface area (Å²) in [7, 11) is 0. The van der Waals surface area contributed by atoms with Crippen LogP contribution in [0.15, 0.2) is 11.6 Å². The quantitative estimate of drug-likeness (QED) is 0.530. The maximum absolute atomic E-state index is 10.3. The van der Waals surface area contributed by atoms with Crippen LogP contribution in [0.5, 0.6) is 0 Å². The zero-order chi connectivity index (χ0) is 20.9. The Morgan fingerprint density at radius 2 is 1.90 bits per heavy atom. The summed E-state index contributed by atoms with van der Waals surface area (Å²) in [6.07, 6.45) is 13.8. The van der Waals surface area contributed by atoms with E-state index in [1.807, 2.05) is 0 Å². The Labute approximate surface area is 183 Å². The van der Waals surface area contributed by atoms with Gasteiger partial charge in [0.05, 0.1) is 12.2 Å². The predicted molar refractivity (Wildman–Crippen MR) is 120 cm³/mol. The summed E-state index contributed by atoms with van der Waals surface area (Å²) in [4.78, 5) is 0. The molecule has 0 radical (unpaired) electrons. The molecule has 0 aromatic rings. The molecule has 3 nitrogen and oxygen atoms in total. The molecule has 1 spiro atoms. The Bertz CT molecular complexity index is 739. The van der Waals surface area contributed by atoms with Crippen molar-refractivity contribution in [1.29, 1.82) is 0 Å². The van der Waals surface area contributed by atoms with Gasteiger partial charge < -0.3 is 9.84 Å². The van der Waals surface area contributed by atoms with Gasteiger partial charge in [-0.2, -0.15) is 0 Å². The highest BCUT2D eigenvalue weighted by Gasteiger charge is 2.68. The van der Waals surface area contributed by atoms with Gasteiger partial charge in [-0.3, -0.25) is 5.32 Å². The molecule has 4 aliphatic carbocycles. The van der Waals surface area contributed by atoms with E-state index in [4.69, 9.17) is 4.74 Å². The van der Waals surface area contributed by atoms with E-state index >= 15 is 0 Å². The highest BCUT2D eigenvalue weighted by atomic mass is 16.5. The van der Waals surface area contributed by atoms with Gasteiger partial charge in [-0.05, 0) is 98.2 Å². The lowest BCUT2D eigenvalue weighted by atomic mass is 9.47.